The highest BCUT2D eigenvalue weighted by atomic mass is 32.2. The van der Waals surface area contributed by atoms with Gasteiger partial charge in [-0.2, -0.15) is 0 Å². The van der Waals surface area contributed by atoms with Gasteiger partial charge in [0.2, 0.25) is 5.91 Å². The molecule has 0 N–H and O–H groups in total. The molecule has 0 spiro atoms. The van der Waals surface area contributed by atoms with Crippen LogP contribution in [0.2, 0.25) is 0 Å². The molecule has 4 rings (SSSR count). The number of benzene rings is 2. The van der Waals surface area contributed by atoms with Gasteiger partial charge in [-0.1, -0.05) is 47.6 Å². The number of carbonyl (C=O) groups is 1. The summed E-state index contributed by atoms with van der Waals surface area (Å²) in [4.78, 5) is 14.7. The quantitative estimate of drug-likeness (QED) is 0.738. The molecular weight excluding hydrogens is 308 g/mol. The molecule has 1 saturated heterocycles. The molecule has 1 atom stereocenters. The van der Waals surface area contributed by atoms with Crippen molar-refractivity contribution in [2.45, 2.75) is 11.8 Å². The summed E-state index contributed by atoms with van der Waals surface area (Å²) in [6.07, 6.45) is 0.279. The fraction of sp³-hybridized carbons (Fsp3) is 0.222. The first-order valence-corrected chi connectivity index (χ1v) is 8.67. The largest absolute Gasteiger partial charge is 0.356 e. The predicted octanol–water partition coefficient (Wildman–Crippen LogP) is 3.64. The SMILES string of the molecule is O=C(Cc1noc2ccccc12)N1CCSC1c1ccccc1. The van der Waals surface area contributed by atoms with Gasteiger partial charge in [-0.15, -0.1) is 11.8 Å². The van der Waals surface area contributed by atoms with Crippen LogP contribution in [0.1, 0.15) is 16.6 Å². The minimum atomic E-state index is 0.0989. The first-order chi connectivity index (χ1) is 11.3. The van der Waals surface area contributed by atoms with Crippen molar-refractivity contribution in [3.8, 4) is 0 Å². The van der Waals surface area contributed by atoms with Crippen LogP contribution in [0.4, 0.5) is 0 Å². The lowest BCUT2D eigenvalue weighted by molar-refractivity contribution is -0.130. The Balaban J connectivity index is 1.56. The van der Waals surface area contributed by atoms with Gasteiger partial charge in [0.25, 0.3) is 0 Å². The summed E-state index contributed by atoms with van der Waals surface area (Å²) in [5.41, 5.74) is 2.62. The summed E-state index contributed by atoms with van der Waals surface area (Å²) in [5, 5.41) is 5.09. The molecule has 5 heteroatoms. The molecule has 1 unspecified atom stereocenters. The van der Waals surface area contributed by atoms with Crippen LogP contribution < -0.4 is 0 Å². The first-order valence-electron chi connectivity index (χ1n) is 7.62. The normalized spacial score (nSPS) is 17.7. The van der Waals surface area contributed by atoms with E-state index >= 15 is 0 Å². The van der Waals surface area contributed by atoms with Crippen LogP contribution in [0, 0.1) is 0 Å². The zero-order chi connectivity index (χ0) is 15.6. The maximum Gasteiger partial charge on any atom is 0.229 e. The maximum absolute atomic E-state index is 12.8. The monoisotopic (exact) mass is 324 g/mol. The molecule has 1 aromatic heterocycles. The van der Waals surface area contributed by atoms with E-state index in [0.29, 0.717) is 5.69 Å². The number of amides is 1. The minimum absolute atomic E-state index is 0.0989. The van der Waals surface area contributed by atoms with Gasteiger partial charge in [0, 0.05) is 17.7 Å². The third kappa shape index (κ3) is 2.72. The number of nitrogens with zero attached hydrogens (tertiary/aromatic N) is 2. The smallest absolute Gasteiger partial charge is 0.229 e. The van der Waals surface area contributed by atoms with Gasteiger partial charge in [-0.3, -0.25) is 4.79 Å². The Kier molecular flexibility index (Phi) is 3.79. The van der Waals surface area contributed by atoms with Crippen LogP contribution in [0.25, 0.3) is 11.0 Å². The van der Waals surface area contributed by atoms with Crippen molar-refractivity contribution in [1.82, 2.24) is 10.1 Å². The van der Waals surface area contributed by atoms with Gasteiger partial charge >= 0.3 is 0 Å². The molecular formula is C18H16N2O2S. The van der Waals surface area contributed by atoms with E-state index in [9.17, 15) is 4.79 Å². The molecule has 2 heterocycles. The van der Waals surface area contributed by atoms with E-state index in [1.165, 1.54) is 5.56 Å². The Labute approximate surface area is 138 Å². The lowest BCUT2D eigenvalue weighted by Gasteiger charge is -2.23. The second-order valence-electron chi connectivity index (χ2n) is 5.52. The molecule has 3 aromatic rings. The fourth-order valence-corrected chi connectivity index (χ4v) is 4.21. The van der Waals surface area contributed by atoms with Crippen molar-refractivity contribution in [3.63, 3.8) is 0 Å². The van der Waals surface area contributed by atoms with Crippen molar-refractivity contribution >= 4 is 28.6 Å². The Morgan fingerprint density at radius 1 is 1.17 bits per heavy atom. The van der Waals surface area contributed by atoms with Crippen LogP contribution in [0.3, 0.4) is 0 Å². The van der Waals surface area contributed by atoms with Crippen LogP contribution in [0.5, 0.6) is 0 Å². The summed E-state index contributed by atoms with van der Waals surface area (Å²) in [7, 11) is 0. The lowest BCUT2D eigenvalue weighted by atomic mass is 10.1. The molecule has 0 radical (unpaired) electrons. The van der Waals surface area contributed by atoms with Crippen LogP contribution in [0.15, 0.2) is 59.1 Å². The van der Waals surface area contributed by atoms with E-state index in [1.54, 1.807) is 0 Å². The average molecular weight is 324 g/mol. The van der Waals surface area contributed by atoms with Crippen LogP contribution >= 0.6 is 11.8 Å². The highest BCUT2D eigenvalue weighted by Gasteiger charge is 2.31. The molecule has 0 bridgehead atoms. The molecule has 116 valence electrons. The third-order valence-corrected chi connectivity index (χ3v) is 5.33. The van der Waals surface area contributed by atoms with Gasteiger partial charge in [-0.05, 0) is 17.7 Å². The average Bonchev–Trinajstić information content (AvgIpc) is 3.23. The van der Waals surface area contributed by atoms with E-state index in [0.717, 1.165) is 23.3 Å². The van der Waals surface area contributed by atoms with E-state index in [2.05, 4.69) is 17.3 Å². The second kappa shape index (κ2) is 6.08. The number of carbonyl (C=O) groups excluding carboxylic acids is 1. The zero-order valence-electron chi connectivity index (χ0n) is 12.5. The number of hydrogen-bond acceptors (Lipinski definition) is 4. The molecule has 0 aliphatic carbocycles. The number of thioether (sulfide) groups is 1. The minimum Gasteiger partial charge on any atom is -0.356 e. The number of rotatable bonds is 3. The molecule has 2 aromatic carbocycles. The molecule has 4 nitrogen and oxygen atoms in total. The Bertz CT molecular complexity index is 831. The van der Waals surface area contributed by atoms with Gasteiger partial charge in [0.05, 0.1) is 6.42 Å². The lowest BCUT2D eigenvalue weighted by Crippen LogP contribution is -2.31. The van der Waals surface area contributed by atoms with Crippen LogP contribution in [-0.2, 0) is 11.2 Å². The molecule has 1 amide bonds. The number of hydrogen-bond donors (Lipinski definition) is 0. The fourth-order valence-electron chi connectivity index (χ4n) is 2.93. The molecule has 0 saturated carbocycles. The van der Waals surface area contributed by atoms with Gasteiger partial charge < -0.3 is 9.42 Å². The Morgan fingerprint density at radius 3 is 2.83 bits per heavy atom. The Morgan fingerprint density at radius 2 is 1.96 bits per heavy atom. The predicted molar refractivity (Wildman–Crippen MR) is 91.1 cm³/mol. The molecule has 23 heavy (non-hydrogen) atoms. The van der Waals surface area contributed by atoms with Gasteiger partial charge in [0.15, 0.2) is 5.58 Å². The van der Waals surface area contributed by atoms with Crippen molar-refractivity contribution in [2.75, 3.05) is 12.3 Å². The van der Waals surface area contributed by atoms with E-state index in [1.807, 2.05) is 59.1 Å². The number of para-hydroxylation sites is 1. The maximum atomic E-state index is 12.8. The topological polar surface area (TPSA) is 46.3 Å². The molecule has 1 aliphatic heterocycles. The summed E-state index contributed by atoms with van der Waals surface area (Å²) < 4.78 is 5.30. The van der Waals surface area contributed by atoms with E-state index in [4.69, 9.17) is 4.52 Å². The summed E-state index contributed by atoms with van der Waals surface area (Å²) in [6, 6.07) is 17.8. The molecule has 1 aliphatic rings. The highest BCUT2D eigenvalue weighted by Crippen LogP contribution is 2.38. The summed E-state index contributed by atoms with van der Waals surface area (Å²) >= 11 is 1.81. The van der Waals surface area contributed by atoms with Crippen molar-refractivity contribution in [2.24, 2.45) is 0 Å². The summed E-state index contributed by atoms with van der Waals surface area (Å²) in [5.74, 6) is 1.06. The third-order valence-electron chi connectivity index (χ3n) is 4.07. The van der Waals surface area contributed by atoms with Gasteiger partial charge in [-0.25, -0.2) is 0 Å². The Hall–Kier alpha value is -2.27. The standard InChI is InChI=1S/C18H16N2O2S/c21-17(12-15-14-8-4-5-9-16(14)22-19-15)20-10-11-23-18(20)13-6-2-1-3-7-13/h1-9,18H,10-12H2. The number of aromatic nitrogens is 1. The second-order valence-corrected chi connectivity index (χ2v) is 6.71. The van der Waals surface area contributed by atoms with Crippen LogP contribution in [-0.4, -0.2) is 28.3 Å². The molecule has 1 fully saturated rings. The van der Waals surface area contributed by atoms with Gasteiger partial charge in [0.1, 0.15) is 11.1 Å². The van der Waals surface area contributed by atoms with Crippen molar-refractivity contribution in [1.29, 1.82) is 0 Å². The van der Waals surface area contributed by atoms with E-state index < -0.39 is 0 Å². The van der Waals surface area contributed by atoms with E-state index in [-0.39, 0.29) is 17.7 Å². The zero-order valence-corrected chi connectivity index (χ0v) is 13.3. The first kappa shape index (κ1) is 14.3. The van der Waals surface area contributed by atoms with Crippen molar-refractivity contribution in [3.05, 3.63) is 65.9 Å². The number of fused-ring (bicyclic) bond motifs is 1. The summed E-state index contributed by atoms with van der Waals surface area (Å²) in [6.45, 7) is 0.777. The highest BCUT2D eigenvalue weighted by molar-refractivity contribution is 7.99. The van der Waals surface area contributed by atoms with Crippen molar-refractivity contribution < 1.29 is 9.32 Å².